The van der Waals surface area contributed by atoms with Crippen LogP contribution in [0.2, 0.25) is 0 Å². The monoisotopic (exact) mass is 312 g/mol. The van der Waals surface area contributed by atoms with Gasteiger partial charge in [0.05, 0.1) is 0 Å². The molecule has 0 fully saturated rings. The molecule has 0 spiro atoms. The van der Waals surface area contributed by atoms with E-state index in [-0.39, 0.29) is 12.5 Å². The Morgan fingerprint density at radius 3 is 2.05 bits per heavy atom. The van der Waals surface area contributed by atoms with Gasteiger partial charge in [-0.05, 0) is 6.42 Å². The number of nitrogens with one attached hydrogen (secondary N) is 2. The summed E-state index contributed by atoms with van der Waals surface area (Å²) in [6.45, 7) is 0.541. The van der Waals surface area contributed by atoms with Crippen LogP contribution in [0.25, 0.3) is 0 Å². The first-order valence-electron chi connectivity index (χ1n) is 5.72. The lowest BCUT2D eigenvalue weighted by Gasteiger charge is -2.12. The van der Waals surface area contributed by atoms with Crippen LogP contribution in [0.15, 0.2) is 4.99 Å². The zero-order valence-corrected chi connectivity index (χ0v) is 10.9. The molecule has 0 aliphatic rings. The Morgan fingerprint density at radius 2 is 1.57 bits per heavy atom. The summed E-state index contributed by atoms with van der Waals surface area (Å²) >= 11 is 0. The van der Waals surface area contributed by atoms with Crippen LogP contribution in [-0.2, 0) is 4.74 Å². The second-order valence-corrected chi connectivity index (χ2v) is 3.79. The highest BCUT2D eigenvalue weighted by Crippen LogP contribution is 2.26. The molecule has 0 atom stereocenters. The summed E-state index contributed by atoms with van der Waals surface area (Å²) in [6, 6.07) is 0. The summed E-state index contributed by atoms with van der Waals surface area (Å²) in [5.74, 6) is -5.67. The van der Waals surface area contributed by atoms with E-state index in [4.69, 9.17) is 10.6 Å². The van der Waals surface area contributed by atoms with Crippen LogP contribution in [-0.4, -0.2) is 26.2 Å². The van der Waals surface area contributed by atoms with E-state index < -0.39 is 34.8 Å². The molecule has 1 aromatic rings. The molecular weight excluding hydrogens is 299 g/mol. The van der Waals surface area contributed by atoms with E-state index in [0.717, 1.165) is 0 Å². The normalized spacial score (nSPS) is 11.7. The molecule has 0 aliphatic carbocycles. The molecule has 0 aliphatic heterocycles. The number of hydrazine groups is 1. The van der Waals surface area contributed by atoms with Gasteiger partial charge in [0.2, 0.25) is 11.8 Å². The summed E-state index contributed by atoms with van der Waals surface area (Å²) in [6.07, 6.45) is 0.473. The van der Waals surface area contributed by atoms with Crippen LogP contribution in [0, 0.1) is 29.1 Å². The Bertz CT molecular complexity index is 509. The van der Waals surface area contributed by atoms with Crippen LogP contribution in [0.3, 0.4) is 0 Å². The molecule has 0 unspecified atom stereocenters. The zero-order chi connectivity index (χ0) is 16.0. The van der Waals surface area contributed by atoms with Gasteiger partial charge in [-0.1, -0.05) is 0 Å². The summed E-state index contributed by atoms with van der Waals surface area (Å²) in [4.78, 5) is 3.76. The molecule has 4 N–H and O–H groups in total. The maximum atomic E-state index is 13.4. The fourth-order valence-corrected chi connectivity index (χ4v) is 1.35. The van der Waals surface area contributed by atoms with Crippen molar-refractivity contribution in [2.75, 3.05) is 25.6 Å². The molecule has 10 heteroatoms. The molecule has 118 valence electrons. The Kier molecular flexibility index (Phi) is 6.31. The highest BCUT2D eigenvalue weighted by atomic mass is 19.2. The number of halogens is 5. The standard InChI is InChI=1S/C11H13F5N4O/c1-21-4-2-3-18-11(20-17)19-10-8(15)6(13)5(12)7(14)9(10)16/h2-4,17H2,1H3,(H2,18,19,20). The molecule has 1 rings (SSSR count). The fourth-order valence-electron chi connectivity index (χ4n) is 1.35. The number of hydrogen-bond acceptors (Lipinski definition) is 3. The minimum Gasteiger partial charge on any atom is -0.385 e. The van der Waals surface area contributed by atoms with Crippen LogP contribution in [0.5, 0.6) is 0 Å². The summed E-state index contributed by atoms with van der Waals surface area (Å²) in [5, 5.41) is 1.93. The van der Waals surface area contributed by atoms with E-state index in [1.165, 1.54) is 7.11 Å². The van der Waals surface area contributed by atoms with E-state index in [2.05, 4.69) is 4.99 Å². The van der Waals surface area contributed by atoms with Crippen molar-refractivity contribution in [1.29, 1.82) is 0 Å². The average Bonchev–Trinajstić information content (AvgIpc) is 2.49. The first-order chi connectivity index (χ1) is 9.93. The number of methoxy groups -OCH3 is 1. The van der Waals surface area contributed by atoms with Gasteiger partial charge in [0.1, 0.15) is 5.69 Å². The number of benzene rings is 1. The summed E-state index contributed by atoms with van der Waals surface area (Å²) < 4.78 is 70.5. The Hall–Kier alpha value is -1.94. The smallest absolute Gasteiger partial charge is 0.210 e. The fraction of sp³-hybridized carbons (Fsp3) is 0.364. The van der Waals surface area contributed by atoms with Crippen molar-refractivity contribution < 1.29 is 26.7 Å². The summed E-state index contributed by atoms with van der Waals surface area (Å²) in [7, 11) is 1.47. The minimum atomic E-state index is -2.24. The van der Waals surface area contributed by atoms with E-state index in [9.17, 15) is 22.0 Å². The summed E-state index contributed by atoms with van der Waals surface area (Å²) in [5.41, 5.74) is 0.721. The van der Waals surface area contributed by atoms with Gasteiger partial charge < -0.3 is 10.1 Å². The average molecular weight is 312 g/mol. The first-order valence-corrected chi connectivity index (χ1v) is 5.72. The molecule has 1 aromatic carbocycles. The van der Waals surface area contributed by atoms with Gasteiger partial charge in [0.15, 0.2) is 23.3 Å². The van der Waals surface area contributed by atoms with Crippen LogP contribution >= 0.6 is 0 Å². The molecular formula is C11H13F5N4O. The number of nitrogens with zero attached hydrogens (tertiary/aromatic N) is 1. The molecule has 5 nitrogen and oxygen atoms in total. The van der Waals surface area contributed by atoms with Crippen molar-refractivity contribution in [1.82, 2.24) is 5.43 Å². The second kappa shape index (κ2) is 7.74. The van der Waals surface area contributed by atoms with Gasteiger partial charge in [-0.2, -0.15) is 0 Å². The molecule has 0 heterocycles. The van der Waals surface area contributed by atoms with Gasteiger partial charge in [0, 0.05) is 20.3 Å². The number of nitrogens with two attached hydrogens (primary N) is 1. The molecule has 0 aromatic heterocycles. The Morgan fingerprint density at radius 1 is 1.05 bits per heavy atom. The zero-order valence-electron chi connectivity index (χ0n) is 10.9. The molecule has 0 bridgehead atoms. The number of hydrogen-bond donors (Lipinski definition) is 3. The quantitative estimate of drug-likeness (QED) is 0.113. The molecule has 0 radical (unpaired) electrons. The topological polar surface area (TPSA) is 71.7 Å². The van der Waals surface area contributed by atoms with Crippen molar-refractivity contribution in [3.05, 3.63) is 29.1 Å². The second-order valence-electron chi connectivity index (χ2n) is 3.79. The molecule has 0 amide bonds. The van der Waals surface area contributed by atoms with Gasteiger partial charge in [-0.15, -0.1) is 0 Å². The first kappa shape index (κ1) is 17.1. The van der Waals surface area contributed by atoms with Crippen LogP contribution in [0.4, 0.5) is 27.6 Å². The molecule has 0 saturated heterocycles. The maximum Gasteiger partial charge on any atom is 0.210 e. The van der Waals surface area contributed by atoms with Crippen molar-refractivity contribution in [2.45, 2.75) is 6.42 Å². The largest absolute Gasteiger partial charge is 0.385 e. The third kappa shape index (κ3) is 4.02. The SMILES string of the molecule is COCCCN=C(NN)Nc1c(F)c(F)c(F)c(F)c1F. The van der Waals surface area contributed by atoms with Crippen molar-refractivity contribution >= 4 is 11.6 Å². The number of ether oxygens (including phenoxy) is 1. The number of aliphatic imine (C=N–C) groups is 1. The van der Waals surface area contributed by atoms with Gasteiger partial charge in [0.25, 0.3) is 0 Å². The number of rotatable bonds is 5. The third-order valence-corrected chi connectivity index (χ3v) is 2.37. The van der Waals surface area contributed by atoms with E-state index in [0.29, 0.717) is 13.0 Å². The Labute approximate surface area is 117 Å². The minimum absolute atomic E-state index is 0.162. The Balaban J connectivity index is 3.00. The van der Waals surface area contributed by atoms with E-state index >= 15 is 0 Å². The van der Waals surface area contributed by atoms with Crippen LogP contribution < -0.4 is 16.6 Å². The number of anilines is 1. The lowest BCUT2D eigenvalue weighted by Crippen LogP contribution is -2.37. The predicted molar refractivity (Wildman–Crippen MR) is 66.0 cm³/mol. The van der Waals surface area contributed by atoms with E-state index in [1.807, 2.05) is 10.7 Å². The lowest BCUT2D eigenvalue weighted by atomic mass is 10.2. The van der Waals surface area contributed by atoms with Gasteiger partial charge in [-0.25, -0.2) is 27.8 Å². The highest BCUT2D eigenvalue weighted by molar-refractivity contribution is 5.93. The van der Waals surface area contributed by atoms with Crippen LogP contribution in [0.1, 0.15) is 6.42 Å². The molecule has 21 heavy (non-hydrogen) atoms. The lowest BCUT2D eigenvalue weighted by molar-refractivity contribution is 0.197. The van der Waals surface area contributed by atoms with Crippen molar-refractivity contribution in [3.8, 4) is 0 Å². The number of guanidine groups is 1. The highest BCUT2D eigenvalue weighted by Gasteiger charge is 2.26. The third-order valence-electron chi connectivity index (χ3n) is 2.37. The maximum absolute atomic E-state index is 13.4. The molecule has 0 saturated carbocycles. The van der Waals surface area contributed by atoms with Gasteiger partial charge >= 0.3 is 0 Å². The van der Waals surface area contributed by atoms with E-state index in [1.54, 1.807) is 0 Å². The van der Waals surface area contributed by atoms with Gasteiger partial charge in [-0.3, -0.25) is 10.4 Å². The van der Waals surface area contributed by atoms with Crippen molar-refractivity contribution in [3.63, 3.8) is 0 Å². The predicted octanol–water partition coefficient (Wildman–Crippen LogP) is 1.65. The van der Waals surface area contributed by atoms with Crippen molar-refractivity contribution in [2.24, 2.45) is 10.8 Å².